The van der Waals surface area contributed by atoms with Crippen molar-refractivity contribution < 1.29 is 12.6 Å². The molecule has 1 aromatic heterocycles. The van der Waals surface area contributed by atoms with Crippen LogP contribution >= 0.6 is 12.4 Å². The maximum absolute atomic E-state index is 7.91. The topological polar surface area (TPSA) is 39.2 Å². The Hall–Kier alpha value is -0.990. The van der Waals surface area contributed by atoms with Crippen LogP contribution < -0.4 is 5.73 Å². The zero-order valence-corrected chi connectivity index (χ0v) is 8.10. The van der Waals surface area contributed by atoms with Gasteiger partial charge in [-0.05, 0) is 30.9 Å². The first-order valence-electron chi connectivity index (χ1n) is 6.84. The number of rotatable bonds is 2. The van der Waals surface area contributed by atoms with Crippen molar-refractivity contribution in [3.8, 4) is 0 Å². The molecule has 0 fully saturated rings. The predicted molar refractivity (Wildman–Crippen MR) is 60.8 cm³/mol. The molecule has 1 heterocycles. The number of furan rings is 1. The fraction of sp³-hybridized carbons (Fsp3) is 0.273. The molecule has 0 bridgehead atoms. The van der Waals surface area contributed by atoms with Gasteiger partial charge in [-0.1, -0.05) is 12.1 Å². The van der Waals surface area contributed by atoms with Crippen molar-refractivity contribution in [1.82, 2.24) is 0 Å². The Balaban J connectivity index is 0.00000200. The van der Waals surface area contributed by atoms with Crippen LogP contribution in [-0.2, 0) is 6.37 Å². The third-order valence-corrected chi connectivity index (χ3v) is 1.74. The van der Waals surface area contributed by atoms with Gasteiger partial charge in [0.15, 0.2) is 0 Å². The van der Waals surface area contributed by atoms with Crippen LogP contribution in [0.3, 0.4) is 0 Å². The van der Waals surface area contributed by atoms with Gasteiger partial charge in [0.2, 0.25) is 0 Å². The number of benzene rings is 1. The lowest BCUT2D eigenvalue weighted by atomic mass is 10.1. The largest absolute Gasteiger partial charge is 0.464 e. The van der Waals surface area contributed by atoms with Gasteiger partial charge in [-0.15, -0.1) is 12.4 Å². The van der Waals surface area contributed by atoms with Gasteiger partial charge in [-0.2, -0.15) is 0 Å². The average molecular weight is 218 g/mol. The Bertz CT molecular complexity index is 606. The summed E-state index contributed by atoms with van der Waals surface area (Å²) in [5.41, 5.74) is 5.84. The van der Waals surface area contributed by atoms with Crippen molar-refractivity contribution in [3.63, 3.8) is 0 Å². The molecule has 2 N–H and O–H groups in total. The van der Waals surface area contributed by atoms with Gasteiger partial charge in [-0.3, -0.25) is 0 Å². The summed E-state index contributed by atoms with van der Waals surface area (Å²) in [7, 11) is 0. The summed E-state index contributed by atoms with van der Waals surface area (Å²) in [5.74, 6) is 0. The van der Waals surface area contributed by atoms with Gasteiger partial charge in [0.05, 0.1) is 6.26 Å². The highest BCUT2D eigenvalue weighted by molar-refractivity contribution is 5.85. The van der Waals surface area contributed by atoms with Gasteiger partial charge in [-0.25, -0.2) is 0 Å². The van der Waals surface area contributed by atoms with Crippen LogP contribution in [0.25, 0.3) is 11.0 Å². The van der Waals surface area contributed by atoms with E-state index in [0.29, 0.717) is 5.58 Å². The van der Waals surface area contributed by atoms with Gasteiger partial charge < -0.3 is 10.2 Å². The number of hydrogen-bond acceptors (Lipinski definition) is 2. The molecule has 0 radical (unpaired) electrons. The summed E-state index contributed by atoms with van der Waals surface area (Å²) in [5, 5.41) is 0.765. The van der Waals surface area contributed by atoms with E-state index >= 15 is 0 Å². The second kappa shape index (κ2) is 4.49. The summed E-state index contributed by atoms with van der Waals surface area (Å²) < 4.78 is 50.3. The molecule has 1 atom stereocenters. The molecule has 3 heteroatoms. The monoisotopic (exact) mass is 217 g/mol. The normalized spacial score (nSPS) is 22.9. The Kier molecular flexibility index (Phi) is 1.66. The lowest BCUT2D eigenvalue weighted by molar-refractivity contribution is 0.614. The SMILES string of the molecule is Cl.[2H]C([2H])([2H])C([2H])(N)C([2H])([2H])c1ccc2ccoc2c1. The fourth-order valence-corrected chi connectivity index (χ4v) is 1.19. The van der Waals surface area contributed by atoms with Crippen molar-refractivity contribution in [1.29, 1.82) is 0 Å². The van der Waals surface area contributed by atoms with Crippen LogP contribution in [0.2, 0.25) is 0 Å². The molecule has 1 unspecified atom stereocenters. The van der Waals surface area contributed by atoms with Crippen LogP contribution in [0.5, 0.6) is 0 Å². The van der Waals surface area contributed by atoms with E-state index in [1.165, 1.54) is 18.4 Å². The second-order valence-electron chi connectivity index (χ2n) is 2.71. The summed E-state index contributed by atoms with van der Waals surface area (Å²) in [4.78, 5) is 0. The molecule has 0 spiro atoms. The molecular weight excluding hydrogens is 198 g/mol. The van der Waals surface area contributed by atoms with Crippen molar-refractivity contribution in [3.05, 3.63) is 36.1 Å². The predicted octanol–water partition coefficient (Wildman–Crippen LogP) is 2.74. The van der Waals surface area contributed by atoms with E-state index in [9.17, 15) is 0 Å². The molecule has 0 saturated carbocycles. The summed E-state index contributed by atoms with van der Waals surface area (Å²) in [6.45, 7) is -2.95. The van der Waals surface area contributed by atoms with Crippen LogP contribution in [0.15, 0.2) is 34.9 Å². The first-order valence-corrected chi connectivity index (χ1v) is 3.84. The minimum absolute atomic E-state index is 0. The highest BCUT2D eigenvalue weighted by Crippen LogP contribution is 2.17. The van der Waals surface area contributed by atoms with Crippen molar-refractivity contribution in [2.75, 3.05) is 0 Å². The number of hydrogen-bond donors (Lipinski definition) is 1. The fourth-order valence-electron chi connectivity index (χ4n) is 1.19. The molecule has 0 saturated heterocycles. The average Bonchev–Trinajstić information content (AvgIpc) is 2.73. The molecule has 1 aromatic carbocycles. The lowest BCUT2D eigenvalue weighted by Gasteiger charge is -2.03. The van der Waals surface area contributed by atoms with Gasteiger partial charge in [0.1, 0.15) is 5.58 Å². The van der Waals surface area contributed by atoms with Crippen LogP contribution in [0, 0.1) is 0 Å². The highest BCUT2D eigenvalue weighted by Gasteiger charge is 2.00. The smallest absolute Gasteiger partial charge is 0.134 e. The minimum Gasteiger partial charge on any atom is -0.464 e. The van der Waals surface area contributed by atoms with E-state index < -0.39 is 19.2 Å². The maximum atomic E-state index is 7.91. The Labute approximate surface area is 97.9 Å². The molecule has 0 amide bonds. The van der Waals surface area contributed by atoms with E-state index in [1.54, 1.807) is 12.1 Å². The van der Waals surface area contributed by atoms with Gasteiger partial charge in [0, 0.05) is 19.6 Å². The molecule has 2 nitrogen and oxygen atoms in total. The van der Waals surface area contributed by atoms with E-state index in [-0.39, 0.29) is 18.0 Å². The highest BCUT2D eigenvalue weighted by atomic mass is 35.5. The van der Waals surface area contributed by atoms with E-state index in [2.05, 4.69) is 0 Å². The lowest BCUT2D eigenvalue weighted by Crippen LogP contribution is -2.17. The van der Waals surface area contributed by atoms with E-state index in [0.717, 1.165) is 5.39 Å². The maximum Gasteiger partial charge on any atom is 0.134 e. The van der Waals surface area contributed by atoms with Crippen molar-refractivity contribution >= 4 is 23.4 Å². The molecule has 0 aliphatic carbocycles. The zero-order chi connectivity index (χ0) is 14.5. The Morgan fingerprint density at radius 2 is 2.50 bits per heavy atom. The molecule has 14 heavy (non-hydrogen) atoms. The molecule has 2 rings (SSSR count). The number of nitrogens with two attached hydrogens (primary N) is 1. The Morgan fingerprint density at radius 1 is 1.64 bits per heavy atom. The van der Waals surface area contributed by atoms with Gasteiger partial charge in [0.25, 0.3) is 0 Å². The molecular formula is C11H14ClNO. The molecule has 2 aromatic rings. The van der Waals surface area contributed by atoms with Gasteiger partial charge >= 0.3 is 0 Å². The van der Waals surface area contributed by atoms with Crippen LogP contribution in [0.1, 0.15) is 20.6 Å². The Morgan fingerprint density at radius 3 is 3.29 bits per heavy atom. The quantitative estimate of drug-likeness (QED) is 0.840. The third-order valence-electron chi connectivity index (χ3n) is 1.74. The number of halogens is 1. The first-order chi connectivity index (χ1) is 8.57. The van der Waals surface area contributed by atoms with E-state index in [4.69, 9.17) is 18.4 Å². The standard InChI is InChI=1S/C11H13NO.ClH/c1-8(12)6-9-2-3-10-4-5-13-11(10)7-9;/h2-5,7-8H,6,12H2,1H3;1H/i1D3,6D2,8D;. The molecule has 76 valence electrons. The van der Waals surface area contributed by atoms with E-state index in [1.807, 2.05) is 0 Å². The zero-order valence-electron chi connectivity index (χ0n) is 13.3. The van der Waals surface area contributed by atoms with Crippen molar-refractivity contribution in [2.24, 2.45) is 5.73 Å². The minimum atomic E-state index is -2.95. The third kappa shape index (κ3) is 2.28. The summed E-state index contributed by atoms with van der Waals surface area (Å²) in [6, 6.07) is 3.34. The summed E-state index contributed by atoms with van der Waals surface area (Å²) in [6.07, 6.45) is -1.09. The first kappa shape index (κ1) is 5.19. The second-order valence-corrected chi connectivity index (χ2v) is 2.71. The van der Waals surface area contributed by atoms with Crippen LogP contribution in [0.4, 0.5) is 0 Å². The number of fused-ring (bicyclic) bond motifs is 1. The summed E-state index contributed by atoms with van der Waals surface area (Å²) >= 11 is 0. The van der Waals surface area contributed by atoms with Crippen LogP contribution in [-0.4, -0.2) is 6.02 Å². The molecule has 0 aliphatic heterocycles. The molecule has 0 aliphatic rings. The van der Waals surface area contributed by atoms with Crippen molar-refractivity contribution in [2.45, 2.75) is 19.2 Å².